The number of unbranched alkanes of at least 4 members (excludes halogenated alkanes) is 22. The van der Waals surface area contributed by atoms with Crippen molar-refractivity contribution in [2.45, 2.75) is 232 Å². The van der Waals surface area contributed by atoms with Gasteiger partial charge in [-0.25, -0.2) is 0 Å². The molecule has 0 rings (SSSR count). The number of allylic oxidation sites excluding steroid dienone is 11. The minimum Gasteiger partial charge on any atom is -0.458 e. The van der Waals surface area contributed by atoms with Gasteiger partial charge in [-0.15, -0.1) is 0 Å². The summed E-state index contributed by atoms with van der Waals surface area (Å²) in [5.74, 6) is -0.654. The standard InChI is InChI=1S/C51H89NO5/c1-4-7-10-13-16-19-22-24-26-28-31-34-37-40-43-49(54)48(46-53)52-50(55)45-47(42-39-36-33-30-27-21-18-15-12-9-6-3)57-51(56)44-41-38-35-32-29-25-23-20-17-14-11-8-5-2/h8,11,14,17,20,23,25,29-30,33,39,42,47-49,53-54H,4-7,9-10,12-13,15-16,18-19,21-22,24,26-28,31-32,34-38,40-41,43-46H2,1-3H3,(H,52,55)/b11-8+,17-14+,23-20-,29-25-,33-30-,42-39+. The van der Waals surface area contributed by atoms with Crippen LogP contribution >= 0.6 is 0 Å². The molecule has 3 N–H and O–H groups in total. The molecule has 0 bridgehead atoms. The molecule has 3 unspecified atom stereocenters. The van der Waals surface area contributed by atoms with Gasteiger partial charge in [-0.3, -0.25) is 9.59 Å². The summed E-state index contributed by atoms with van der Waals surface area (Å²) in [6, 6.07) is -0.742. The lowest BCUT2D eigenvalue weighted by atomic mass is 10.0. The monoisotopic (exact) mass is 796 g/mol. The number of aliphatic hydroxyl groups excluding tert-OH is 2. The fourth-order valence-electron chi connectivity index (χ4n) is 6.76. The SMILES string of the molecule is CC/C=C/C=C/C=C\C=C/CCCCCC(=O)OC(/C=C/C/C=C\CCCCCCCC)CC(=O)NC(CO)C(O)CCCCCCCCCCCCCCCC. The van der Waals surface area contributed by atoms with E-state index >= 15 is 0 Å². The summed E-state index contributed by atoms with van der Waals surface area (Å²) in [6.07, 6.45) is 55.6. The van der Waals surface area contributed by atoms with Crippen LogP contribution in [0.3, 0.4) is 0 Å². The zero-order chi connectivity index (χ0) is 41.7. The van der Waals surface area contributed by atoms with Crippen LogP contribution in [0.25, 0.3) is 0 Å². The average molecular weight is 796 g/mol. The fourth-order valence-corrected chi connectivity index (χ4v) is 6.76. The number of nitrogens with one attached hydrogen (secondary N) is 1. The molecular formula is C51H89NO5. The smallest absolute Gasteiger partial charge is 0.306 e. The third-order valence-corrected chi connectivity index (χ3v) is 10.4. The maximum Gasteiger partial charge on any atom is 0.306 e. The zero-order valence-corrected chi connectivity index (χ0v) is 37.2. The van der Waals surface area contributed by atoms with Gasteiger partial charge >= 0.3 is 5.97 Å². The Bertz CT molecular complexity index is 1070. The van der Waals surface area contributed by atoms with Gasteiger partial charge in [-0.2, -0.15) is 0 Å². The third-order valence-electron chi connectivity index (χ3n) is 10.4. The van der Waals surface area contributed by atoms with E-state index in [0.29, 0.717) is 19.3 Å². The molecule has 6 nitrogen and oxygen atoms in total. The van der Waals surface area contributed by atoms with Crippen LogP contribution in [-0.4, -0.2) is 46.9 Å². The number of hydrogen-bond donors (Lipinski definition) is 3. The number of hydrogen-bond acceptors (Lipinski definition) is 5. The third kappa shape index (κ3) is 39.9. The van der Waals surface area contributed by atoms with Crippen LogP contribution in [0.15, 0.2) is 72.9 Å². The van der Waals surface area contributed by atoms with E-state index < -0.39 is 18.2 Å². The minimum absolute atomic E-state index is 0.0474. The first-order valence-corrected chi connectivity index (χ1v) is 23.7. The number of rotatable bonds is 41. The Morgan fingerprint density at radius 1 is 0.561 bits per heavy atom. The van der Waals surface area contributed by atoms with Gasteiger partial charge in [0.25, 0.3) is 0 Å². The fraction of sp³-hybridized carbons (Fsp3) is 0.725. The first-order chi connectivity index (χ1) is 28.0. The highest BCUT2D eigenvalue weighted by atomic mass is 16.5. The highest BCUT2D eigenvalue weighted by Crippen LogP contribution is 2.15. The van der Waals surface area contributed by atoms with Crippen LogP contribution in [0.4, 0.5) is 0 Å². The molecule has 57 heavy (non-hydrogen) atoms. The molecule has 0 saturated carbocycles. The second kappa shape index (κ2) is 44.4. The van der Waals surface area contributed by atoms with Crippen molar-refractivity contribution in [1.29, 1.82) is 0 Å². The highest BCUT2D eigenvalue weighted by Gasteiger charge is 2.23. The molecule has 3 atom stereocenters. The largest absolute Gasteiger partial charge is 0.458 e. The van der Waals surface area contributed by atoms with Gasteiger partial charge in [-0.05, 0) is 57.4 Å². The summed E-state index contributed by atoms with van der Waals surface area (Å²) >= 11 is 0. The number of ether oxygens (including phenoxy) is 1. The molecule has 0 aliphatic rings. The van der Waals surface area contributed by atoms with Crippen LogP contribution in [0.1, 0.15) is 213 Å². The molecule has 0 aliphatic heterocycles. The number of carbonyl (C=O) groups is 2. The van der Waals surface area contributed by atoms with E-state index in [1.54, 1.807) is 6.08 Å². The van der Waals surface area contributed by atoms with Crippen molar-refractivity contribution in [2.75, 3.05) is 6.61 Å². The summed E-state index contributed by atoms with van der Waals surface area (Å²) in [7, 11) is 0. The van der Waals surface area contributed by atoms with E-state index in [2.05, 4.69) is 56.5 Å². The van der Waals surface area contributed by atoms with Gasteiger partial charge in [0.2, 0.25) is 5.91 Å². The molecule has 0 aliphatic carbocycles. The Labute approximate surface area is 351 Å². The summed E-state index contributed by atoms with van der Waals surface area (Å²) in [5, 5.41) is 23.6. The first kappa shape index (κ1) is 54.3. The minimum atomic E-state index is -0.819. The second-order valence-corrected chi connectivity index (χ2v) is 15.9. The maximum atomic E-state index is 13.1. The Morgan fingerprint density at radius 3 is 1.61 bits per heavy atom. The van der Waals surface area contributed by atoms with Gasteiger partial charge in [0.1, 0.15) is 6.10 Å². The normalized spacial score (nSPS) is 14.0. The molecule has 0 aromatic rings. The number of carbonyl (C=O) groups excluding carboxylic acids is 2. The van der Waals surface area contributed by atoms with E-state index in [0.717, 1.165) is 57.8 Å². The van der Waals surface area contributed by atoms with E-state index in [1.807, 2.05) is 36.5 Å². The van der Waals surface area contributed by atoms with E-state index in [1.165, 1.54) is 109 Å². The Kier molecular flexibility index (Phi) is 42.3. The van der Waals surface area contributed by atoms with Crippen LogP contribution in [0.5, 0.6) is 0 Å². The van der Waals surface area contributed by atoms with E-state index in [4.69, 9.17) is 4.74 Å². The molecule has 328 valence electrons. The Balaban J connectivity index is 4.70. The van der Waals surface area contributed by atoms with Gasteiger partial charge in [0, 0.05) is 6.42 Å². The van der Waals surface area contributed by atoms with Crippen molar-refractivity contribution in [3.63, 3.8) is 0 Å². The number of amides is 1. The number of esters is 1. The van der Waals surface area contributed by atoms with Crippen molar-refractivity contribution < 1.29 is 24.5 Å². The van der Waals surface area contributed by atoms with E-state index in [-0.39, 0.29) is 24.9 Å². The predicted molar refractivity (Wildman–Crippen MR) is 245 cm³/mol. The molecule has 0 saturated heterocycles. The van der Waals surface area contributed by atoms with Crippen LogP contribution in [-0.2, 0) is 14.3 Å². The van der Waals surface area contributed by atoms with Crippen LogP contribution < -0.4 is 5.32 Å². The molecule has 0 heterocycles. The number of aliphatic hydroxyl groups is 2. The van der Waals surface area contributed by atoms with Crippen LogP contribution in [0.2, 0.25) is 0 Å². The molecule has 0 fully saturated rings. The topological polar surface area (TPSA) is 95.9 Å². The lowest BCUT2D eigenvalue weighted by molar-refractivity contribution is -0.148. The molecule has 0 spiro atoms. The molecule has 0 aromatic carbocycles. The Morgan fingerprint density at radius 2 is 1.05 bits per heavy atom. The molecule has 1 amide bonds. The Hall–Kier alpha value is -2.70. The quantitative estimate of drug-likeness (QED) is 0.0248. The summed E-state index contributed by atoms with van der Waals surface area (Å²) in [4.78, 5) is 25.9. The van der Waals surface area contributed by atoms with Crippen LogP contribution in [0, 0.1) is 0 Å². The lowest BCUT2D eigenvalue weighted by Crippen LogP contribution is -2.46. The van der Waals surface area contributed by atoms with E-state index in [9.17, 15) is 19.8 Å². The van der Waals surface area contributed by atoms with Gasteiger partial charge in [-0.1, -0.05) is 216 Å². The summed E-state index contributed by atoms with van der Waals surface area (Å²) < 4.78 is 5.78. The van der Waals surface area contributed by atoms with Gasteiger partial charge in [0.15, 0.2) is 0 Å². The van der Waals surface area contributed by atoms with Gasteiger partial charge < -0.3 is 20.3 Å². The van der Waals surface area contributed by atoms with Crippen molar-refractivity contribution >= 4 is 11.9 Å². The average Bonchev–Trinajstić information content (AvgIpc) is 3.20. The maximum absolute atomic E-state index is 13.1. The van der Waals surface area contributed by atoms with Gasteiger partial charge in [0.05, 0.1) is 25.2 Å². The predicted octanol–water partition coefficient (Wildman–Crippen LogP) is 13.8. The highest BCUT2D eigenvalue weighted by molar-refractivity contribution is 5.78. The molecule has 6 heteroatoms. The molecular weight excluding hydrogens is 707 g/mol. The van der Waals surface area contributed by atoms with Crippen molar-refractivity contribution in [2.24, 2.45) is 0 Å². The summed E-state index contributed by atoms with van der Waals surface area (Å²) in [6.45, 7) is 6.28. The lowest BCUT2D eigenvalue weighted by Gasteiger charge is -2.23. The zero-order valence-electron chi connectivity index (χ0n) is 37.2. The molecule has 0 aromatic heterocycles. The first-order valence-electron chi connectivity index (χ1n) is 23.7. The van der Waals surface area contributed by atoms with Crippen molar-refractivity contribution in [3.05, 3.63) is 72.9 Å². The van der Waals surface area contributed by atoms with Crippen molar-refractivity contribution in [3.8, 4) is 0 Å². The van der Waals surface area contributed by atoms with Crippen molar-refractivity contribution in [1.82, 2.24) is 5.32 Å². The molecule has 0 radical (unpaired) electrons. The summed E-state index contributed by atoms with van der Waals surface area (Å²) in [5.41, 5.74) is 0. The second-order valence-electron chi connectivity index (χ2n) is 15.9.